The summed E-state index contributed by atoms with van der Waals surface area (Å²) >= 11 is 7.55. The van der Waals surface area contributed by atoms with Gasteiger partial charge in [-0.1, -0.05) is 11.6 Å². The molecule has 1 N–H and O–H groups in total. The SMILES string of the molecule is COCCn1cc(C)nc1NC(C)c1ccc(Cl)s1. The summed E-state index contributed by atoms with van der Waals surface area (Å²) in [6.45, 7) is 5.55. The van der Waals surface area contributed by atoms with Crippen molar-refractivity contribution in [3.63, 3.8) is 0 Å². The number of thiophene rings is 1. The zero-order valence-corrected chi connectivity index (χ0v) is 12.9. The minimum Gasteiger partial charge on any atom is -0.383 e. The van der Waals surface area contributed by atoms with Crippen LogP contribution in [0.4, 0.5) is 5.95 Å². The summed E-state index contributed by atoms with van der Waals surface area (Å²) in [5.41, 5.74) is 0.995. The molecular formula is C13H18ClN3OS. The number of ether oxygens (including phenoxy) is 1. The highest BCUT2D eigenvalue weighted by Crippen LogP contribution is 2.28. The minimum absolute atomic E-state index is 0.181. The first-order chi connectivity index (χ1) is 9.10. The number of methoxy groups -OCH3 is 1. The summed E-state index contributed by atoms with van der Waals surface area (Å²) in [5.74, 6) is 0.867. The molecule has 0 radical (unpaired) electrons. The molecule has 2 rings (SSSR count). The van der Waals surface area contributed by atoms with Crippen LogP contribution in [0.5, 0.6) is 0 Å². The molecule has 2 aromatic heterocycles. The maximum atomic E-state index is 5.96. The predicted octanol–water partition coefficient (Wildman–Crippen LogP) is 3.73. The number of rotatable bonds is 6. The Kier molecular flexibility index (Phi) is 4.85. The Labute approximate surface area is 122 Å². The van der Waals surface area contributed by atoms with E-state index in [2.05, 4.69) is 21.8 Å². The topological polar surface area (TPSA) is 39.1 Å². The maximum absolute atomic E-state index is 5.96. The standard InChI is InChI=1S/C13H18ClN3OS/c1-9-8-17(6-7-18-3)13(15-9)16-10(2)11-4-5-12(14)19-11/h4-5,8,10H,6-7H2,1-3H3,(H,15,16). The van der Waals surface area contributed by atoms with E-state index in [9.17, 15) is 0 Å². The fourth-order valence-corrected chi connectivity index (χ4v) is 2.91. The number of aromatic nitrogens is 2. The largest absolute Gasteiger partial charge is 0.383 e. The van der Waals surface area contributed by atoms with Crippen LogP contribution in [0.2, 0.25) is 4.34 Å². The lowest BCUT2D eigenvalue weighted by Crippen LogP contribution is -2.12. The molecule has 0 aliphatic rings. The van der Waals surface area contributed by atoms with Crippen LogP contribution in [0.25, 0.3) is 0 Å². The molecule has 0 spiro atoms. The second-order valence-electron chi connectivity index (χ2n) is 4.40. The van der Waals surface area contributed by atoms with Crippen molar-refractivity contribution in [3.05, 3.63) is 33.2 Å². The molecule has 104 valence electrons. The highest BCUT2D eigenvalue weighted by molar-refractivity contribution is 7.16. The molecular weight excluding hydrogens is 282 g/mol. The summed E-state index contributed by atoms with van der Waals surface area (Å²) in [5, 5.41) is 3.42. The molecule has 0 fully saturated rings. The normalized spacial score (nSPS) is 12.6. The van der Waals surface area contributed by atoms with Crippen molar-refractivity contribution in [2.24, 2.45) is 0 Å². The number of nitrogens with zero attached hydrogens (tertiary/aromatic N) is 2. The van der Waals surface area contributed by atoms with Gasteiger partial charge in [0.2, 0.25) is 5.95 Å². The first-order valence-corrected chi connectivity index (χ1v) is 7.34. The third-order valence-corrected chi connectivity index (χ3v) is 4.21. The lowest BCUT2D eigenvalue weighted by molar-refractivity contribution is 0.187. The molecule has 0 aromatic carbocycles. The van der Waals surface area contributed by atoms with Crippen molar-refractivity contribution in [1.82, 2.24) is 9.55 Å². The Hall–Kier alpha value is -1.04. The van der Waals surface area contributed by atoms with E-state index in [4.69, 9.17) is 16.3 Å². The third kappa shape index (κ3) is 3.72. The molecule has 2 heterocycles. The van der Waals surface area contributed by atoms with E-state index in [0.717, 1.165) is 22.5 Å². The highest BCUT2D eigenvalue weighted by Gasteiger charge is 2.12. The Morgan fingerprint density at radius 2 is 2.32 bits per heavy atom. The van der Waals surface area contributed by atoms with Crippen LogP contribution in [0, 0.1) is 6.92 Å². The fraction of sp³-hybridized carbons (Fsp3) is 0.462. The predicted molar refractivity (Wildman–Crippen MR) is 80.2 cm³/mol. The number of halogens is 1. The lowest BCUT2D eigenvalue weighted by atomic mass is 10.3. The highest BCUT2D eigenvalue weighted by atomic mass is 35.5. The molecule has 0 saturated heterocycles. The molecule has 0 aliphatic carbocycles. The van der Waals surface area contributed by atoms with Crippen LogP contribution in [0.1, 0.15) is 23.5 Å². The number of aryl methyl sites for hydroxylation is 1. The number of hydrogen-bond donors (Lipinski definition) is 1. The van der Waals surface area contributed by atoms with E-state index in [1.807, 2.05) is 25.3 Å². The first kappa shape index (κ1) is 14.4. The van der Waals surface area contributed by atoms with Gasteiger partial charge in [-0.05, 0) is 26.0 Å². The van der Waals surface area contributed by atoms with Gasteiger partial charge < -0.3 is 14.6 Å². The van der Waals surface area contributed by atoms with Gasteiger partial charge in [-0.2, -0.15) is 0 Å². The quantitative estimate of drug-likeness (QED) is 0.883. The molecule has 0 amide bonds. The van der Waals surface area contributed by atoms with E-state index in [-0.39, 0.29) is 6.04 Å². The monoisotopic (exact) mass is 299 g/mol. The first-order valence-electron chi connectivity index (χ1n) is 6.14. The average molecular weight is 300 g/mol. The summed E-state index contributed by atoms with van der Waals surface area (Å²) in [6.07, 6.45) is 2.02. The van der Waals surface area contributed by atoms with Crippen LogP contribution >= 0.6 is 22.9 Å². The summed E-state index contributed by atoms with van der Waals surface area (Å²) in [6, 6.07) is 4.14. The van der Waals surface area contributed by atoms with Gasteiger partial charge >= 0.3 is 0 Å². The Balaban J connectivity index is 2.09. The van der Waals surface area contributed by atoms with Crippen molar-refractivity contribution in [3.8, 4) is 0 Å². The summed E-state index contributed by atoms with van der Waals surface area (Å²) in [4.78, 5) is 5.70. The molecule has 4 nitrogen and oxygen atoms in total. The zero-order chi connectivity index (χ0) is 13.8. The zero-order valence-electron chi connectivity index (χ0n) is 11.3. The van der Waals surface area contributed by atoms with Gasteiger partial charge in [-0.25, -0.2) is 4.98 Å². The van der Waals surface area contributed by atoms with Crippen molar-refractivity contribution in [1.29, 1.82) is 0 Å². The van der Waals surface area contributed by atoms with Gasteiger partial charge in [0.05, 0.1) is 22.7 Å². The maximum Gasteiger partial charge on any atom is 0.203 e. The molecule has 0 bridgehead atoms. The number of anilines is 1. The fourth-order valence-electron chi connectivity index (χ4n) is 1.85. The Morgan fingerprint density at radius 1 is 1.53 bits per heavy atom. The second-order valence-corrected chi connectivity index (χ2v) is 6.15. The van der Waals surface area contributed by atoms with Crippen LogP contribution in [0.15, 0.2) is 18.3 Å². The van der Waals surface area contributed by atoms with Crippen LogP contribution in [0.3, 0.4) is 0 Å². The smallest absolute Gasteiger partial charge is 0.203 e. The molecule has 6 heteroatoms. The summed E-state index contributed by atoms with van der Waals surface area (Å²) in [7, 11) is 1.70. The average Bonchev–Trinajstić information content (AvgIpc) is 2.93. The van der Waals surface area contributed by atoms with Gasteiger partial charge in [-0.3, -0.25) is 0 Å². The van der Waals surface area contributed by atoms with E-state index in [0.29, 0.717) is 6.61 Å². The van der Waals surface area contributed by atoms with Crippen LogP contribution in [-0.2, 0) is 11.3 Å². The van der Waals surface area contributed by atoms with Gasteiger partial charge in [0.25, 0.3) is 0 Å². The van der Waals surface area contributed by atoms with Crippen molar-refractivity contribution in [2.45, 2.75) is 26.4 Å². The number of nitrogens with one attached hydrogen (secondary N) is 1. The summed E-state index contributed by atoms with van der Waals surface area (Å²) < 4.78 is 7.99. The number of hydrogen-bond acceptors (Lipinski definition) is 4. The van der Waals surface area contributed by atoms with Gasteiger partial charge in [0.15, 0.2) is 0 Å². The minimum atomic E-state index is 0.181. The van der Waals surface area contributed by atoms with Crippen molar-refractivity contribution in [2.75, 3.05) is 19.0 Å². The lowest BCUT2D eigenvalue weighted by Gasteiger charge is -2.14. The number of imidazole rings is 1. The van der Waals surface area contributed by atoms with Crippen molar-refractivity contribution >= 4 is 28.9 Å². The molecule has 0 aliphatic heterocycles. The van der Waals surface area contributed by atoms with Gasteiger partial charge in [0, 0.05) is 24.7 Å². The Bertz CT molecular complexity index is 538. The van der Waals surface area contributed by atoms with Crippen LogP contribution in [-0.4, -0.2) is 23.3 Å². The molecule has 1 unspecified atom stereocenters. The molecule has 1 atom stereocenters. The Morgan fingerprint density at radius 3 is 2.95 bits per heavy atom. The van der Waals surface area contributed by atoms with Gasteiger partial charge in [-0.15, -0.1) is 11.3 Å². The molecule has 2 aromatic rings. The van der Waals surface area contributed by atoms with E-state index < -0.39 is 0 Å². The molecule has 19 heavy (non-hydrogen) atoms. The second kappa shape index (κ2) is 6.41. The van der Waals surface area contributed by atoms with Crippen molar-refractivity contribution < 1.29 is 4.74 Å². The van der Waals surface area contributed by atoms with Gasteiger partial charge in [0.1, 0.15) is 0 Å². The van der Waals surface area contributed by atoms with Crippen LogP contribution < -0.4 is 5.32 Å². The molecule has 0 saturated carbocycles. The van der Waals surface area contributed by atoms with E-state index >= 15 is 0 Å². The third-order valence-electron chi connectivity index (χ3n) is 2.80. The van der Waals surface area contributed by atoms with E-state index in [1.165, 1.54) is 4.88 Å². The van der Waals surface area contributed by atoms with E-state index in [1.54, 1.807) is 18.4 Å².